The zero-order valence-corrected chi connectivity index (χ0v) is 21.0. The molecule has 0 saturated carbocycles. The van der Waals surface area contributed by atoms with Crippen molar-refractivity contribution in [1.82, 2.24) is 9.71 Å². The van der Waals surface area contributed by atoms with Crippen LogP contribution in [-0.2, 0) is 16.4 Å². The maximum Gasteiger partial charge on any atom is 0.257 e. The van der Waals surface area contributed by atoms with Crippen LogP contribution in [0.3, 0.4) is 0 Å². The van der Waals surface area contributed by atoms with Gasteiger partial charge in [0.15, 0.2) is 0 Å². The summed E-state index contributed by atoms with van der Waals surface area (Å²) in [6.07, 6.45) is 2.62. The molecule has 1 aromatic heterocycles. The van der Waals surface area contributed by atoms with Crippen LogP contribution in [0.25, 0.3) is 0 Å². The molecule has 0 aliphatic carbocycles. The second-order valence-corrected chi connectivity index (χ2v) is 10.8. The first-order valence-electron chi connectivity index (χ1n) is 11.4. The summed E-state index contributed by atoms with van der Waals surface area (Å²) in [5.41, 5.74) is 1.81. The smallest absolute Gasteiger partial charge is 0.257 e. The molecule has 2 aromatic carbocycles. The number of aryl methyl sites for hydroxylation is 1. The van der Waals surface area contributed by atoms with E-state index in [0.29, 0.717) is 34.9 Å². The summed E-state index contributed by atoms with van der Waals surface area (Å²) in [4.78, 5) is 17.4. The Balaban J connectivity index is 1.61. The van der Waals surface area contributed by atoms with Gasteiger partial charge in [0.25, 0.3) is 5.91 Å². The normalized spacial score (nSPS) is 16.6. The number of nitrogens with one attached hydrogen (secondary N) is 2. The predicted molar refractivity (Wildman–Crippen MR) is 133 cm³/mol. The molecule has 184 valence electrons. The van der Waals surface area contributed by atoms with E-state index in [-0.39, 0.29) is 10.8 Å². The number of nitrogens with zero attached hydrogens (tertiary/aromatic N) is 1. The lowest BCUT2D eigenvalue weighted by Crippen LogP contribution is -2.41. The van der Waals surface area contributed by atoms with Crippen molar-refractivity contribution in [3.05, 3.63) is 77.5 Å². The van der Waals surface area contributed by atoms with E-state index < -0.39 is 21.7 Å². The molecule has 1 aliphatic rings. The zero-order chi connectivity index (χ0) is 25.2. The third-order valence-electron chi connectivity index (χ3n) is 5.87. The van der Waals surface area contributed by atoms with E-state index in [2.05, 4.69) is 15.0 Å². The van der Waals surface area contributed by atoms with Gasteiger partial charge in [0.05, 0.1) is 23.6 Å². The minimum absolute atomic E-state index is 0.182. The molecule has 0 saturated heterocycles. The Morgan fingerprint density at radius 1 is 1.14 bits per heavy atom. The minimum Gasteiger partial charge on any atom is -0.497 e. The fraction of sp³-hybridized carbons (Fsp3) is 0.308. The Morgan fingerprint density at radius 3 is 2.46 bits per heavy atom. The highest BCUT2D eigenvalue weighted by atomic mass is 32.2. The lowest BCUT2D eigenvalue weighted by molar-refractivity contribution is 0.0640. The largest absolute Gasteiger partial charge is 0.497 e. The fourth-order valence-corrected chi connectivity index (χ4v) is 5.19. The van der Waals surface area contributed by atoms with Crippen molar-refractivity contribution in [3.63, 3.8) is 0 Å². The van der Waals surface area contributed by atoms with Crippen LogP contribution in [-0.4, -0.2) is 32.0 Å². The number of methoxy groups -OCH3 is 1. The van der Waals surface area contributed by atoms with Crippen molar-refractivity contribution in [1.29, 1.82) is 0 Å². The summed E-state index contributed by atoms with van der Waals surface area (Å²) < 4.78 is 40.3. The number of carbonyl (C=O) groups is 1. The standard InChI is InChI=1S/C26H29N3O5S/c1-5-17-6-12-21(13-7-17)35(31,32)29-23-15-26(2,3)34-25-22(23)14-18(16-27-25)24(30)28-19-8-10-20(33-4)11-9-19/h6-14,16,23,29H,5,15H2,1-4H3,(H,28,30)/t23-/m0/s1. The number of hydrogen-bond acceptors (Lipinski definition) is 6. The highest BCUT2D eigenvalue weighted by Gasteiger charge is 2.37. The summed E-state index contributed by atoms with van der Waals surface area (Å²) in [6, 6.07) is 14.8. The van der Waals surface area contributed by atoms with Gasteiger partial charge in [-0.2, -0.15) is 0 Å². The van der Waals surface area contributed by atoms with Gasteiger partial charge in [-0.1, -0.05) is 19.1 Å². The van der Waals surface area contributed by atoms with Gasteiger partial charge in [0.1, 0.15) is 11.4 Å². The molecular formula is C26H29N3O5S. The Bertz CT molecular complexity index is 1320. The van der Waals surface area contributed by atoms with Gasteiger partial charge in [-0.15, -0.1) is 0 Å². The third kappa shape index (κ3) is 5.63. The van der Waals surface area contributed by atoms with Crippen molar-refractivity contribution in [2.45, 2.75) is 50.2 Å². The Labute approximate surface area is 205 Å². The molecule has 0 spiro atoms. The van der Waals surface area contributed by atoms with Crippen LogP contribution in [0.1, 0.15) is 54.7 Å². The molecule has 4 rings (SSSR count). The molecule has 2 N–H and O–H groups in total. The number of pyridine rings is 1. The Morgan fingerprint density at radius 2 is 1.83 bits per heavy atom. The van der Waals surface area contributed by atoms with Crippen LogP contribution < -0.4 is 19.5 Å². The van der Waals surface area contributed by atoms with Crippen molar-refractivity contribution < 1.29 is 22.7 Å². The molecule has 0 bridgehead atoms. The number of carbonyl (C=O) groups excluding carboxylic acids is 1. The Hall–Kier alpha value is -3.43. The Kier molecular flexibility index (Phi) is 6.82. The molecule has 9 heteroatoms. The summed E-state index contributed by atoms with van der Waals surface area (Å²) >= 11 is 0. The van der Waals surface area contributed by atoms with Gasteiger partial charge in [0.2, 0.25) is 15.9 Å². The van der Waals surface area contributed by atoms with E-state index in [9.17, 15) is 13.2 Å². The molecule has 8 nitrogen and oxygen atoms in total. The average Bonchev–Trinajstić information content (AvgIpc) is 2.83. The van der Waals surface area contributed by atoms with E-state index in [1.165, 1.54) is 6.20 Å². The molecule has 1 aliphatic heterocycles. The third-order valence-corrected chi connectivity index (χ3v) is 7.36. The highest BCUT2D eigenvalue weighted by Crippen LogP contribution is 2.39. The van der Waals surface area contributed by atoms with Crippen LogP contribution in [0.4, 0.5) is 5.69 Å². The highest BCUT2D eigenvalue weighted by molar-refractivity contribution is 7.89. The quantitative estimate of drug-likeness (QED) is 0.500. The molecule has 0 fully saturated rings. The molecule has 0 radical (unpaired) electrons. The first kappa shape index (κ1) is 24.7. The molecule has 2 heterocycles. The van der Waals surface area contributed by atoms with Crippen LogP contribution in [0.5, 0.6) is 11.6 Å². The summed E-state index contributed by atoms with van der Waals surface area (Å²) in [6.45, 7) is 5.76. The SMILES string of the molecule is CCc1ccc(S(=O)(=O)N[C@H]2CC(C)(C)Oc3ncc(C(=O)Nc4ccc(OC)cc4)cc32)cc1. The number of amides is 1. The maximum absolute atomic E-state index is 13.2. The van der Waals surface area contributed by atoms with Gasteiger partial charge in [-0.05, 0) is 68.3 Å². The van der Waals surface area contributed by atoms with Gasteiger partial charge in [-0.3, -0.25) is 4.79 Å². The molecule has 35 heavy (non-hydrogen) atoms. The number of rotatable bonds is 7. The van der Waals surface area contributed by atoms with Gasteiger partial charge in [0, 0.05) is 23.9 Å². The van der Waals surface area contributed by atoms with Gasteiger partial charge < -0.3 is 14.8 Å². The maximum atomic E-state index is 13.2. The van der Waals surface area contributed by atoms with E-state index in [0.717, 1.165) is 12.0 Å². The van der Waals surface area contributed by atoms with Crippen molar-refractivity contribution in [2.75, 3.05) is 12.4 Å². The molecule has 0 unspecified atom stereocenters. The number of ether oxygens (including phenoxy) is 2. The van der Waals surface area contributed by atoms with E-state index in [1.807, 2.05) is 20.8 Å². The topological polar surface area (TPSA) is 107 Å². The number of sulfonamides is 1. The number of aromatic nitrogens is 1. The van der Waals surface area contributed by atoms with Crippen LogP contribution in [0.15, 0.2) is 65.7 Å². The number of anilines is 1. The molecule has 1 amide bonds. The van der Waals surface area contributed by atoms with E-state index >= 15 is 0 Å². The second-order valence-electron chi connectivity index (χ2n) is 9.04. The van der Waals surface area contributed by atoms with Crippen molar-refractivity contribution >= 4 is 21.6 Å². The number of hydrogen-bond donors (Lipinski definition) is 2. The van der Waals surface area contributed by atoms with Crippen LogP contribution in [0.2, 0.25) is 0 Å². The van der Waals surface area contributed by atoms with Crippen LogP contribution >= 0.6 is 0 Å². The first-order chi connectivity index (χ1) is 16.6. The molecule has 1 atom stereocenters. The molecule has 3 aromatic rings. The lowest BCUT2D eigenvalue weighted by atomic mass is 9.91. The van der Waals surface area contributed by atoms with Crippen molar-refractivity contribution in [2.24, 2.45) is 0 Å². The monoisotopic (exact) mass is 495 g/mol. The summed E-state index contributed by atoms with van der Waals surface area (Å²) in [7, 11) is -2.24. The lowest BCUT2D eigenvalue weighted by Gasteiger charge is -2.37. The fourth-order valence-electron chi connectivity index (χ4n) is 3.98. The van der Waals surface area contributed by atoms with E-state index in [1.54, 1.807) is 61.7 Å². The van der Waals surface area contributed by atoms with Gasteiger partial charge >= 0.3 is 0 Å². The van der Waals surface area contributed by atoms with Gasteiger partial charge in [-0.25, -0.2) is 18.1 Å². The number of fused-ring (bicyclic) bond motifs is 1. The summed E-state index contributed by atoms with van der Waals surface area (Å²) in [5, 5.41) is 2.82. The van der Waals surface area contributed by atoms with Crippen LogP contribution in [0, 0.1) is 0 Å². The number of benzene rings is 2. The predicted octanol–water partition coefficient (Wildman–Crippen LogP) is 4.49. The molecular weight excluding hydrogens is 466 g/mol. The minimum atomic E-state index is -3.81. The average molecular weight is 496 g/mol. The van der Waals surface area contributed by atoms with E-state index in [4.69, 9.17) is 9.47 Å². The second kappa shape index (κ2) is 9.67. The van der Waals surface area contributed by atoms with Crippen molar-refractivity contribution in [3.8, 4) is 11.6 Å². The summed E-state index contributed by atoms with van der Waals surface area (Å²) in [5.74, 6) is 0.612. The zero-order valence-electron chi connectivity index (χ0n) is 20.2. The first-order valence-corrected chi connectivity index (χ1v) is 12.8.